The molecule has 130 valence electrons. The Bertz CT molecular complexity index is 750. The molecule has 1 heterocycles. The molecule has 0 spiro atoms. The first-order valence-corrected chi connectivity index (χ1v) is 8.40. The molecule has 0 amide bonds. The van der Waals surface area contributed by atoms with Crippen molar-refractivity contribution in [3.63, 3.8) is 0 Å². The van der Waals surface area contributed by atoms with Crippen molar-refractivity contribution in [1.82, 2.24) is 4.90 Å². The molecule has 0 atom stereocenters. The number of likely N-dealkylation sites (tertiary alicyclic amines) is 1. The standard InChI is InChI=1S/C20H21FN2O2/c21-18-7-6-17(13-22)12-19(18)25-20(15-24)8-10-23(11-9-20)14-16-4-2-1-3-5-16/h1-7,12,24H,8-11,14-15H2. The Morgan fingerprint density at radius 1 is 1.16 bits per heavy atom. The first-order chi connectivity index (χ1) is 12.1. The van der Waals surface area contributed by atoms with E-state index in [1.807, 2.05) is 24.3 Å². The van der Waals surface area contributed by atoms with E-state index < -0.39 is 11.4 Å². The van der Waals surface area contributed by atoms with Crippen LogP contribution in [0.1, 0.15) is 24.0 Å². The van der Waals surface area contributed by atoms with Gasteiger partial charge in [-0.1, -0.05) is 30.3 Å². The zero-order chi connectivity index (χ0) is 17.7. The van der Waals surface area contributed by atoms with Crippen LogP contribution in [0, 0.1) is 17.1 Å². The van der Waals surface area contributed by atoms with Crippen molar-refractivity contribution in [3.8, 4) is 11.8 Å². The average molecular weight is 340 g/mol. The van der Waals surface area contributed by atoms with Gasteiger partial charge in [-0.05, 0) is 17.7 Å². The van der Waals surface area contributed by atoms with E-state index in [2.05, 4.69) is 17.0 Å². The third-order valence-corrected chi connectivity index (χ3v) is 4.69. The van der Waals surface area contributed by atoms with Gasteiger partial charge in [-0.3, -0.25) is 4.90 Å². The van der Waals surface area contributed by atoms with Crippen LogP contribution in [0.15, 0.2) is 48.5 Å². The summed E-state index contributed by atoms with van der Waals surface area (Å²) < 4.78 is 19.9. The number of hydrogen-bond acceptors (Lipinski definition) is 4. The van der Waals surface area contributed by atoms with Gasteiger partial charge in [-0.25, -0.2) is 4.39 Å². The molecule has 0 radical (unpaired) electrons. The molecule has 2 aromatic carbocycles. The highest BCUT2D eigenvalue weighted by molar-refractivity contribution is 5.37. The molecule has 1 N–H and O–H groups in total. The van der Waals surface area contributed by atoms with Crippen LogP contribution >= 0.6 is 0 Å². The van der Waals surface area contributed by atoms with Crippen LogP contribution in [0.3, 0.4) is 0 Å². The van der Waals surface area contributed by atoms with Crippen molar-refractivity contribution in [2.75, 3.05) is 19.7 Å². The summed E-state index contributed by atoms with van der Waals surface area (Å²) in [6.07, 6.45) is 1.21. The minimum Gasteiger partial charge on any atom is -0.482 e. The van der Waals surface area contributed by atoms with E-state index in [0.29, 0.717) is 18.4 Å². The molecule has 0 saturated carbocycles. The van der Waals surface area contributed by atoms with Crippen molar-refractivity contribution in [2.45, 2.75) is 25.0 Å². The van der Waals surface area contributed by atoms with Gasteiger partial charge in [0.2, 0.25) is 0 Å². The number of ether oxygens (including phenoxy) is 1. The molecule has 0 unspecified atom stereocenters. The van der Waals surface area contributed by atoms with E-state index >= 15 is 0 Å². The van der Waals surface area contributed by atoms with Crippen LogP contribution < -0.4 is 4.74 Å². The topological polar surface area (TPSA) is 56.5 Å². The van der Waals surface area contributed by atoms with Gasteiger partial charge in [0.1, 0.15) is 5.60 Å². The molecule has 1 aliphatic heterocycles. The third kappa shape index (κ3) is 4.16. The van der Waals surface area contributed by atoms with Crippen molar-refractivity contribution in [2.24, 2.45) is 0 Å². The zero-order valence-corrected chi connectivity index (χ0v) is 14.0. The van der Waals surface area contributed by atoms with E-state index in [4.69, 9.17) is 10.00 Å². The number of halogens is 1. The number of piperidine rings is 1. The van der Waals surface area contributed by atoms with E-state index in [1.165, 1.54) is 23.8 Å². The smallest absolute Gasteiger partial charge is 0.165 e. The first kappa shape index (κ1) is 17.4. The normalized spacial score (nSPS) is 17.0. The van der Waals surface area contributed by atoms with Gasteiger partial charge in [-0.2, -0.15) is 5.26 Å². The lowest BCUT2D eigenvalue weighted by molar-refractivity contribution is -0.0427. The number of benzene rings is 2. The van der Waals surface area contributed by atoms with Crippen LogP contribution in [-0.2, 0) is 6.54 Å². The second-order valence-corrected chi connectivity index (χ2v) is 6.46. The van der Waals surface area contributed by atoms with Crippen molar-refractivity contribution < 1.29 is 14.2 Å². The molecule has 2 aromatic rings. The zero-order valence-electron chi connectivity index (χ0n) is 14.0. The van der Waals surface area contributed by atoms with Crippen LogP contribution in [0.25, 0.3) is 0 Å². The Kier molecular flexibility index (Phi) is 5.32. The average Bonchev–Trinajstić information content (AvgIpc) is 2.66. The molecule has 0 aliphatic carbocycles. The Balaban J connectivity index is 1.66. The summed E-state index contributed by atoms with van der Waals surface area (Å²) >= 11 is 0. The van der Waals surface area contributed by atoms with Gasteiger partial charge in [0.25, 0.3) is 0 Å². The largest absolute Gasteiger partial charge is 0.482 e. The molecule has 1 saturated heterocycles. The number of hydrogen-bond donors (Lipinski definition) is 1. The van der Waals surface area contributed by atoms with E-state index in [-0.39, 0.29) is 12.4 Å². The van der Waals surface area contributed by atoms with Crippen molar-refractivity contribution in [1.29, 1.82) is 5.26 Å². The summed E-state index contributed by atoms with van der Waals surface area (Å²) in [4.78, 5) is 2.30. The summed E-state index contributed by atoms with van der Waals surface area (Å²) in [5, 5.41) is 18.8. The molecule has 1 aliphatic rings. The predicted molar refractivity (Wildman–Crippen MR) is 92.5 cm³/mol. The Hall–Kier alpha value is -2.42. The lowest BCUT2D eigenvalue weighted by Gasteiger charge is -2.40. The van der Waals surface area contributed by atoms with E-state index in [0.717, 1.165) is 19.6 Å². The maximum Gasteiger partial charge on any atom is 0.165 e. The summed E-state index contributed by atoms with van der Waals surface area (Å²) in [6.45, 7) is 2.19. The van der Waals surface area contributed by atoms with E-state index in [1.54, 1.807) is 0 Å². The fourth-order valence-electron chi connectivity index (χ4n) is 3.14. The maximum atomic E-state index is 14.0. The molecule has 4 nitrogen and oxygen atoms in total. The third-order valence-electron chi connectivity index (χ3n) is 4.69. The highest BCUT2D eigenvalue weighted by Crippen LogP contribution is 2.31. The number of nitrogens with zero attached hydrogens (tertiary/aromatic N) is 2. The minimum atomic E-state index is -0.803. The second-order valence-electron chi connectivity index (χ2n) is 6.46. The number of aliphatic hydroxyl groups is 1. The quantitative estimate of drug-likeness (QED) is 0.909. The molecule has 25 heavy (non-hydrogen) atoms. The van der Waals surface area contributed by atoms with Crippen LogP contribution in [-0.4, -0.2) is 35.3 Å². The van der Waals surface area contributed by atoms with Gasteiger partial charge in [0.05, 0.1) is 18.2 Å². The molecular weight excluding hydrogens is 319 g/mol. The van der Waals surface area contributed by atoms with Gasteiger partial charge in [-0.15, -0.1) is 0 Å². The molecule has 3 rings (SSSR count). The highest BCUT2D eigenvalue weighted by atomic mass is 19.1. The summed E-state index contributed by atoms with van der Waals surface area (Å²) in [6, 6.07) is 16.2. The minimum absolute atomic E-state index is 0.0320. The summed E-state index contributed by atoms with van der Waals surface area (Å²) in [7, 11) is 0. The molecule has 0 aromatic heterocycles. The van der Waals surface area contributed by atoms with Gasteiger partial charge in [0, 0.05) is 38.5 Å². The van der Waals surface area contributed by atoms with Gasteiger partial charge < -0.3 is 9.84 Å². The lowest BCUT2D eigenvalue weighted by atomic mass is 9.91. The lowest BCUT2D eigenvalue weighted by Crippen LogP contribution is -2.50. The second kappa shape index (κ2) is 7.64. The molecule has 1 fully saturated rings. The number of nitriles is 1. The predicted octanol–water partition coefficient (Wildman–Crippen LogP) is 3.10. The monoisotopic (exact) mass is 340 g/mol. The van der Waals surface area contributed by atoms with Crippen LogP contribution in [0.4, 0.5) is 4.39 Å². The summed E-state index contributed by atoms with van der Waals surface area (Å²) in [5.74, 6) is -0.483. The van der Waals surface area contributed by atoms with Gasteiger partial charge in [0.15, 0.2) is 11.6 Å². The van der Waals surface area contributed by atoms with Crippen LogP contribution in [0.5, 0.6) is 5.75 Å². The molecule has 0 bridgehead atoms. The Morgan fingerprint density at radius 3 is 2.52 bits per heavy atom. The van der Waals surface area contributed by atoms with Crippen molar-refractivity contribution >= 4 is 0 Å². The Labute approximate surface area is 147 Å². The molecular formula is C20H21FN2O2. The summed E-state index contributed by atoms with van der Waals surface area (Å²) in [5.41, 5.74) is 0.779. The van der Waals surface area contributed by atoms with Crippen LogP contribution in [0.2, 0.25) is 0 Å². The van der Waals surface area contributed by atoms with E-state index in [9.17, 15) is 9.50 Å². The number of rotatable bonds is 5. The maximum absolute atomic E-state index is 14.0. The first-order valence-electron chi connectivity index (χ1n) is 8.40. The number of aliphatic hydroxyl groups excluding tert-OH is 1. The SMILES string of the molecule is N#Cc1ccc(F)c(OC2(CO)CCN(Cc3ccccc3)CC2)c1. The van der Waals surface area contributed by atoms with Crippen molar-refractivity contribution in [3.05, 3.63) is 65.5 Å². The molecule has 5 heteroatoms. The highest BCUT2D eigenvalue weighted by Gasteiger charge is 2.37. The fourth-order valence-corrected chi connectivity index (χ4v) is 3.14. The van der Waals surface area contributed by atoms with Gasteiger partial charge >= 0.3 is 0 Å². The Morgan fingerprint density at radius 2 is 1.88 bits per heavy atom. The fraction of sp³-hybridized carbons (Fsp3) is 0.350.